The van der Waals surface area contributed by atoms with Crippen molar-refractivity contribution >= 4 is 11.0 Å². The van der Waals surface area contributed by atoms with Gasteiger partial charge in [-0.2, -0.15) is 0 Å². The molecule has 2 aliphatic rings. The van der Waals surface area contributed by atoms with E-state index in [1.165, 1.54) is 22.3 Å². The summed E-state index contributed by atoms with van der Waals surface area (Å²) in [5, 5.41) is 0. The molecule has 4 heteroatoms. The third kappa shape index (κ3) is 3.54. The summed E-state index contributed by atoms with van der Waals surface area (Å²) in [4.78, 5) is 5.16. The minimum absolute atomic E-state index is 0.132. The number of nitrogens with zero attached hydrogens (tertiary/aromatic N) is 2. The van der Waals surface area contributed by atoms with Crippen molar-refractivity contribution in [3.05, 3.63) is 145 Å². The highest BCUT2D eigenvalue weighted by Crippen LogP contribution is 2.56. The summed E-state index contributed by atoms with van der Waals surface area (Å²) in [6.45, 7) is 4.56. The van der Waals surface area contributed by atoms with Crippen molar-refractivity contribution in [3.63, 3.8) is 0 Å². The Bertz CT molecular complexity index is 2260. The van der Waals surface area contributed by atoms with Crippen molar-refractivity contribution in [2.45, 2.75) is 19.3 Å². The van der Waals surface area contributed by atoms with E-state index < -0.39 is 0 Å². The van der Waals surface area contributed by atoms with E-state index in [0.29, 0.717) is 11.5 Å². The predicted octanol–water partition coefficient (Wildman–Crippen LogP) is 10.6. The fourth-order valence-electron chi connectivity index (χ4n) is 6.97. The van der Waals surface area contributed by atoms with Gasteiger partial charge in [0.2, 0.25) is 0 Å². The molecular formula is C40H28N2O2. The van der Waals surface area contributed by atoms with E-state index in [9.17, 15) is 0 Å². The topological polar surface area (TPSA) is 36.3 Å². The van der Waals surface area contributed by atoms with Crippen LogP contribution in [0.25, 0.3) is 50.4 Å². The fourth-order valence-corrected chi connectivity index (χ4v) is 6.97. The summed E-state index contributed by atoms with van der Waals surface area (Å²) in [7, 11) is 0. The number of aromatic nitrogens is 2. The average molecular weight is 569 g/mol. The van der Waals surface area contributed by atoms with Crippen molar-refractivity contribution in [2.75, 3.05) is 0 Å². The number of hydrogen-bond acceptors (Lipinski definition) is 3. The number of rotatable bonds is 3. The van der Waals surface area contributed by atoms with Gasteiger partial charge in [0.15, 0.2) is 23.0 Å². The highest BCUT2D eigenvalue weighted by atomic mass is 16.6. The monoisotopic (exact) mass is 568 g/mol. The van der Waals surface area contributed by atoms with Gasteiger partial charge in [0.25, 0.3) is 0 Å². The van der Waals surface area contributed by atoms with Crippen molar-refractivity contribution in [1.29, 1.82) is 0 Å². The molecule has 210 valence electrons. The van der Waals surface area contributed by atoms with Crippen molar-refractivity contribution in [2.24, 2.45) is 0 Å². The van der Waals surface area contributed by atoms with Gasteiger partial charge in [-0.15, -0.1) is 0 Å². The zero-order valence-electron chi connectivity index (χ0n) is 24.4. The first-order valence-corrected chi connectivity index (χ1v) is 15.0. The lowest BCUT2D eigenvalue weighted by molar-refractivity contribution is 0.360. The van der Waals surface area contributed by atoms with Crippen LogP contribution in [0.15, 0.2) is 133 Å². The molecule has 1 aliphatic heterocycles. The molecule has 0 fully saturated rings. The lowest BCUT2D eigenvalue weighted by Gasteiger charge is -2.26. The fraction of sp³-hybridized carbons (Fsp3) is 0.0750. The van der Waals surface area contributed by atoms with Gasteiger partial charge in [-0.25, -0.2) is 4.98 Å². The third-order valence-corrected chi connectivity index (χ3v) is 9.09. The first-order valence-electron chi connectivity index (χ1n) is 15.0. The molecule has 1 aromatic heterocycles. The predicted molar refractivity (Wildman–Crippen MR) is 176 cm³/mol. The van der Waals surface area contributed by atoms with E-state index in [4.69, 9.17) is 14.5 Å². The number of fused-ring (bicyclic) bond motifs is 6. The van der Waals surface area contributed by atoms with E-state index in [2.05, 4.69) is 128 Å². The number of imidazole rings is 1. The number of para-hydroxylation sites is 4. The van der Waals surface area contributed by atoms with Crippen LogP contribution in [-0.2, 0) is 5.41 Å². The molecule has 0 saturated heterocycles. The first-order chi connectivity index (χ1) is 21.6. The molecule has 44 heavy (non-hydrogen) atoms. The second kappa shape index (κ2) is 9.19. The number of ether oxygens (including phenoxy) is 2. The second-order valence-corrected chi connectivity index (χ2v) is 12.0. The lowest BCUT2D eigenvalue weighted by atomic mass is 9.82. The standard InChI is InChI=1S/C40H28N2O2/c1-40(2)31-19-9-8-16-27(31)30-23-36-37(24-32(30)40)44-38-28(18-12-22-35(38)43-36)26-15-6-7-17-29(26)39-41-33-20-10-11-21-34(33)42(39)25-13-4-3-5-14-25/h3-24H,1-2H3. The van der Waals surface area contributed by atoms with Crippen molar-refractivity contribution in [3.8, 4) is 62.3 Å². The average Bonchev–Trinajstić information content (AvgIpc) is 3.56. The maximum Gasteiger partial charge on any atom is 0.177 e. The van der Waals surface area contributed by atoms with Gasteiger partial charge < -0.3 is 9.47 Å². The molecule has 0 spiro atoms. The Morgan fingerprint density at radius 1 is 0.523 bits per heavy atom. The van der Waals surface area contributed by atoms with Gasteiger partial charge in [0, 0.05) is 22.2 Å². The molecule has 9 rings (SSSR count). The number of hydrogen-bond donors (Lipinski definition) is 0. The van der Waals surface area contributed by atoms with E-state index >= 15 is 0 Å². The lowest BCUT2D eigenvalue weighted by Crippen LogP contribution is -2.15. The van der Waals surface area contributed by atoms with Gasteiger partial charge in [0.1, 0.15) is 5.82 Å². The van der Waals surface area contributed by atoms with Crippen LogP contribution in [0.2, 0.25) is 0 Å². The quantitative estimate of drug-likeness (QED) is 0.213. The molecule has 0 bridgehead atoms. The molecular weight excluding hydrogens is 540 g/mol. The van der Waals surface area contributed by atoms with Crippen LogP contribution in [0.3, 0.4) is 0 Å². The SMILES string of the molecule is CC1(C)c2ccccc2-c2cc3c(cc21)Oc1c(cccc1-c1ccccc1-c1nc2ccccc2n1-c1ccccc1)O3. The summed E-state index contributed by atoms with van der Waals surface area (Å²) >= 11 is 0. The van der Waals surface area contributed by atoms with Gasteiger partial charge in [-0.3, -0.25) is 4.57 Å². The molecule has 0 atom stereocenters. The second-order valence-electron chi connectivity index (χ2n) is 12.0. The van der Waals surface area contributed by atoms with Crippen LogP contribution in [0.1, 0.15) is 25.0 Å². The smallest absolute Gasteiger partial charge is 0.177 e. The summed E-state index contributed by atoms with van der Waals surface area (Å²) < 4.78 is 15.6. The zero-order chi connectivity index (χ0) is 29.4. The Balaban J connectivity index is 1.21. The van der Waals surface area contributed by atoms with Gasteiger partial charge in [-0.1, -0.05) is 105 Å². The van der Waals surface area contributed by atoms with Crippen molar-refractivity contribution in [1.82, 2.24) is 9.55 Å². The minimum atomic E-state index is -0.132. The maximum atomic E-state index is 6.79. The molecule has 1 aliphatic carbocycles. The van der Waals surface area contributed by atoms with Crippen LogP contribution in [0, 0.1) is 0 Å². The summed E-state index contributed by atoms with van der Waals surface area (Å²) in [5.74, 6) is 3.76. The summed E-state index contributed by atoms with van der Waals surface area (Å²) in [5.41, 5.74) is 11.0. The molecule has 4 nitrogen and oxygen atoms in total. The molecule has 0 amide bonds. The molecule has 0 N–H and O–H groups in total. The Labute approximate surface area is 255 Å². The van der Waals surface area contributed by atoms with Gasteiger partial charge in [0.05, 0.1) is 11.0 Å². The highest BCUT2D eigenvalue weighted by Gasteiger charge is 2.37. The van der Waals surface area contributed by atoms with Crippen LogP contribution in [0.4, 0.5) is 0 Å². The minimum Gasteiger partial charge on any atom is -0.449 e. The molecule has 7 aromatic rings. The molecule has 0 radical (unpaired) electrons. The van der Waals surface area contributed by atoms with Crippen LogP contribution in [-0.4, -0.2) is 9.55 Å². The molecule has 2 heterocycles. The Morgan fingerprint density at radius 3 is 2.07 bits per heavy atom. The maximum absolute atomic E-state index is 6.79. The van der Waals surface area contributed by atoms with Crippen molar-refractivity contribution < 1.29 is 9.47 Å². The molecule has 0 unspecified atom stereocenters. The van der Waals surface area contributed by atoms with Crippen LogP contribution >= 0.6 is 0 Å². The zero-order valence-corrected chi connectivity index (χ0v) is 24.4. The molecule has 6 aromatic carbocycles. The van der Waals surface area contributed by atoms with E-state index in [0.717, 1.165) is 50.7 Å². The Kier molecular flexibility index (Phi) is 5.21. The summed E-state index contributed by atoms with van der Waals surface area (Å²) in [6.07, 6.45) is 0. The van der Waals surface area contributed by atoms with Crippen LogP contribution in [0.5, 0.6) is 23.0 Å². The Hall–Kier alpha value is -5.61. The summed E-state index contributed by atoms with van der Waals surface area (Å²) in [6, 6.07) is 46.2. The van der Waals surface area contributed by atoms with Gasteiger partial charge in [-0.05, 0) is 70.3 Å². The van der Waals surface area contributed by atoms with Crippen LogP contribution < -0.4 is 9.47 Å². The highest BCUT2D eigenvalue weighted by molar-refractivity contribution is 5.91. The third-order valence-electron chi connectivity index (χ3n) is 9.09. The Morgan fingerprint density at radius 2 is 1.20 bits per heavy atom. The molecule has 0 saturated carbocycles. The number of benzene rings is 6. The van der Waals surface area contributed by atoms with E-state index in [1.807, 2.05) is 24.3 Å². The largest absolute Gasteiger partial charge is 0.449 e. The van der Waals surface area contributed by atoms with E-state index in [1.54, 1.807) is 0 Å². The normalized spacial score (nSPS) is 13.8. The first kappa shape index (κ1) is 24.9. The van der Waals surface area contributed by atoms with Gasteiger partial charge >= 0.3 is 0 Å². The van der Waals surface area contributed by atoms with E-state index in [-0.39, 0.29) is 5.41 Å².